The fourth-order valence-electron chi connectivity index (χ4n) is 2.07. The van der Waals surface area contributed by atoms with E-state index in [4.69, 9.17) is 0 Å². The van der Waals surface area contributed by atoms with E-state index in [2.05, 4.69) is 35.4 Å². The predicted octanol–water partition coefficient (Wildman–Crippen LogP) is 4.29. The molecule has 0 unspecified atom stereocenters. The van der Waals surface area contributed by atoms with Crippen molar-refractivity contribution in [3.8, 4) is 0 Å². The molecule has 0 bridgehead atoms. The molecule has 0 atom stereocenters. The predicted molar refractivity (Wildman–Crippen MR) is 76.2 cm³/mol. The number of hydrogen-bond acceptors (Lipinski definition) is 2. The molecule has 2 nitrogen and oxygen atoms in total. The van der Waals surface area contributed by atoms with Crippen molar-refractivity contribution in [2.75, 3.05) is 5.32 Å². The maximum absolute atomic E-state index is 4.44. The van der Waals surface area contributed by atoms with Crippen LogP contribution in [0, 0.1) is 6.92 Å². The maximum Gasteiger partial charge on any atom is 0.0723 e. The molecular weight excluding hydrogens is 220 g/mol. The van der Waals surface area contributed by atoms with E-state index in [0.717, 1.165) is 27.8 Å². The topological polar surface area (TPSA) is 24.9 Å². The molecule has 2 aromatic carbocycles. The molecule has 0 radical (unpaired) electrons. The van der Waals surface area contributed by atoms with Gasteiger partial charge >= 0.3 is 0 Å². The van der Waals surface area contributed by atoms with Crippen LogP contribution in [-0.4, -0.2) is 4.98 Å². The maximum atomic E-state index is 4.44. The highest BCUT2D eigenvalue weighted by molar-refractivity contribution is 5.94. The summed E-state index contributed by atoms with van der Waals surface area (Å²) in [5.41, 5.74) is 4.39. The van der Waals surface area contributed by atoms with Gasteiger partial charge in [-0.3, -0.25) is 4.98 Å². The molecule has 1 aromatic heterocycles. The summed E-state index contributed by atoms with van der Waals surface area (Å²) in [5.74, 6) is 0. The van der Waals surface area contributed by atoms with E-state index >= 15 is 0 Å². The van der Waals surface area contributed by atoms with Crippen LogP contribution in [0.1, 0.15) is 5.56 Å². The molecule has 0 aliphatic carbocycles. The number of rotatable bonds is 2. The third kappa shape index (κ3) is 1.93. The lowest BCUT2D eigenvalue weighted by atomic mass is 10.1. The van der Waals surface area contributed by atoms with E-state index in [-0.39, 0.29) is 0 Å². The Morgan fingerprint density at radius 2 is 1.61 bits per heavy atom. The Morgan fingerprint density at radius 3 is 2.44 bits per heavy atom. The van der Waals surface area contributed by atoms with Crippen molar-refractivity contribution in [1.29, 1.82) is 0 Å². The Morgan fingerprint density at radius 1 is 0.889 bits per heavy atom. The van der Waals surface area contributed by atoms with Gasteiger partial charge in [-0.2, -0.15) is 0 Å². The number of aromatic nitrogens is 1. The first-order chi connectivity index (χ1) is 8.84. The monoisotopic (exact) mass is 234 g/mol. The summed E-state index contributed by atoms with van der Waals surface area (Å²) in [4.78, 5) is 4.44. The summed E-state index contributed by atoms with van der Waals surface area (Å²) >= 11 is 0. The largest absolute Gasteiger partial charge is 0.355 e. The molecule has 1 heterocycles. The fraction of sp³-hybridized carbons (Fsp3) is 0.0625. The Hall–Kier alpha value is -2.35. The van der Waals surface area contributed by atoms with Gasteiger partial charge in [-0.05, 0) is 30.7 Å². The average Bonchev–Trinajstić information content (AvgIpc) is 2.43. The number of aryl methyl sites for hydroxylation is 1. The van der Waals surface area contributed by atoms with Gasteiger partial charge in [0.25, 0.3) is 0 Å². The average molecular weight is 234 g/mol. The fourth-order valence-corrected chi connectivity index (χ4v) is 2.07. The molecule has 0 saturated heterocycles. The summed E-state index contributed by atoms with van der Waals surface area (Å²) in [6.45, 7) is 2.07. The van der Waals surface area contributed by atoms with E-state index in [1.54, 1.807) is 0 Å². The van der Waals surface area contributed by atoms with Crippen molar-refractivity contribution in [2.45, 2.75) is 6.92 Å². The molecule has 0 aliphatic rings. The second-order valence-corrected chi connectivity index (χ2v) is 4.32. The summed E-state index contributed by atoms with van der Waals surface area (Å²) in [6.07, 6.45) is 1.91. The Bertz CT molecular complexity index is 675. The van der Waals surface area contributed by atoms with E-state index in [1.807, 2.05) is 42.6 Å². The van der Waals surface area contributed by atoms with Gasteiger partial charge in [0.1, 0.15) is 0 Å². The van der Waals surface area contributed by atoms with Gasteiger partial charge in [0.05, 0.1) is 11.2 Å². The number of nitrogens with one attached hydrogen (secondary N) is 1. The quantitative estimate of drug-likeness (QED) is 0.715. The minimum Gasteiger partial charge on any atom is -0.355 e. The van der Waals surface area contributed by atoms with Crippen LogP contribution in [0.15, 0.2) is 60.8 Å². The van der Waals surface area contributed by atoms with Crippen LogP contribution in [-0.2, 0) is 0 Å². The van der Waals surface area contributed by atoms with Crippen LogP contribution in [0.2, 0.25) is 0 Å². The summed E-state index contributed by atoms with van der Waals surface area (Å²) in [7, 11) is 0. The van der Waals surface area contributed by atoms with Gasteiger partial charge in [-0.25, -0.2) is 0 Å². The zero-order valence-corrected chi connectivity index (χ0v) is 10.2. The lowest BCUT2D eigenvalue weighted by Crippen LogP contribution is -1.95. The summed E-state index contributed by atoms with van der Waals surface area (Å²) in [5, 5.41) is 4.63. The summed E-state index contributed by atoms with van der Waals surface area (Å²) < 4.78 is 0. The Balaban J connectivity index is 2.13. The van der Waals surface area contributed by atoms with E-state index < -0.39 is 0 Å². The molecule has 18 heavy (non-hydrogen) atoms. The molecule has 1 N–H and O–H groups in total. The van der Waals surface area contributed by atoms with Crippen LogP contribution in [0.4, 0.5) is 11.4 Å². The van der Waals surface area contributed by atoms with Gasteiger partial charge in [0.15, 0.2) is 0 Å². The van der Waals surface area contributed by atoms with Crippen LogP contribution >= 0.6 is 0 Å². The van der Waals surface area contributed by atoms with Crippen LogP contribution in [0.3, 0.4) is 0 Å². The number of fused-ring (bicyclic) bond motifs is 1. The number of nitrogens with zero attached hydrogens (tertiary/aromatic N) is 1. The van der Waals surface area contributed by atoms with Crippen molar-refractivity contribution in [2.24, 2.45) is 0 Å². The first-order valence-electron chi connectivity index (χ1n) is 6.01. The number of pyridine rings is 1. The minimum absolute atomic E-state index is 1.02. The van der Waals surface area contributed by atoms with Gasteiger partial charge in [-0.15, -0.1) is 0 Å². The van der Waals surface area contributed by atoms with Gasteiger partial charge < -0.3 is 5.32 Å². The van der Waals surface area contributed by atoms with Crippen LogP contribution < -0.4 is 5.32 Å². The Labute approximate surface area is 106 Å². The number of para-hydroxylation sites is 2. The Kier molecular flexibility index (Phi) is 2.69. The van der Waals surface area contributed by atoms with Crippen LogP contribution in [0.25, 0.3) is 10.9 Å². The third-order valence-electron chi connectivity index (χ3n) is 3.01. The number of benzene rings is 2. The molecule has 3 aromatic rings. The lowest BCUT2D eigenvalue weighted by molar-refractivity contribution is 1.33. The van der Waals surface area contributed by atoms with E-state index in [1.165, 1.54) is 0 Å². The first-order valence-corrected chi connectivity index (χ1v) is 6.01. The highest BCUT2D eigenvalue weighted by atomic mass is 14.9. The SMILES string of the molecule is Cc1cnc2ccccc2c1Nc1ccccc1. The standard InChI is InChI=1S/C16H14N2/c1-12-11-17-15-10-6-5-9-14(15)16(12)18-13-7-3-2-4-8-13/h2-11H,1H3,(H,17,18). The van der Waals surface area contributed by atoms with E-state index in [0.29, 0.717) is 0 Å². The van der Waals surface area contributed by atoms with Gasteiger partial charge in [0, 0.05) is 17.3 Å². The molecule has 3 rings (SSSR count). The second kappa shape index (κ2) is 4.49. The van der Waals surface area contributed by atoms with Crippen molar-refractivity contribution in [3.63, 3.8) is 0 Å². The first kappa shape index (κ1) is 10.8. The summed E-state index contributed by atoms with van der Waals surface area (Å²) in [6, 6.07) is 18.4. The molecule has 0 saturated carbocycles. The molecule has 0 amide bonds. The lowest BCUT2D eigenvalue weighted by Gasteiger charge is -2.12. The van der Waals surface area contributed by atoms with Crippen molar-refractivity contribution in [1.82, 2.24) is 4.98 Å². The highest BCUT2D eigenvalue weighted by Crippen LogP contribution is 2.28. The number of hydrogen-bond donors (Lipinski definition) is 1. The molecule has 0 spiro atoms. The highest BCUT2D eigenvalue weighted by Gasteiger charge is 2.05. The zero-order chi connectivity index (χ0) is 12.4. The molecule has 2 heteroatoms. The second-order valence-electron chi connectivity index (χ2n) is 4.32. The zero-order valence-electron chi connectivity index (χ0n) is 10.2. The van der Waals surface area contributed by atoms with Gasteiger partial charge in [0.2, 0.25) is 0 Å². The normalized spacial score (nSPS) is 10.5. The van der Waals surface area contributed by atoms with Gasteiger partial charge in [-0.1, -0.05) is 36.4 Å². The molecule has 88 valence electrons. The molecule has 0 aliphatic heterocycles. The molecular formula is C16H14N2. The number of anilines is 2. The van der Waals surface area contributed by atoms with Crippen molar-refractivity contribution in [3.05, 3.63) is 66.4 Å². The van der Waals surface area contributed by atoms with Crippen LogP contribution in [0.5, 0.6) is 0 Å². The van der Waals surface area contributed by atoms with E-state index in [9.17, 15) is 0 Å². The third-order valence-corrected chi connectivity index (χ3v) is 3.01. The van der Waals surface area contributed by atoms with Crippen molar-refractivity contribution < 1.29 is 0 Å². The smallest absolute Gasteiger partial charge is 0.0723 e. The van der Waals surface area contributed by atoms with Crippen molar-refractivity contribution >= 4 is 22.3 Å². The molecule has 0 fully saturated rings. The minimum atomic E-state index is 1.02.